The minimum absolute atomic E-state index is 0.0234. The van der Waals surface area contributed by atoms with Crippen LogP contribution in [-0.4, -0.2) is 74.0 Å². The molecule has 0 saturated carbocycles. The molecule has 2 rings (SSSR count). The molecular weight excluding hydrogens is 366 g/mol. The molecule has 6 heteroatoms. The summed E-state index contributed by atoms with van der Waals surface area (Å²) in [5.41, 5.74) is 0.554. The molecule has 22 heavy (non-hydrogen) atoms. The Morgan fingerprint density at radius 2 is 2.00 bits per heavy atom. The van der Waals surface area contributed by atoms with Crippen LogP contribution in [0.2, 0.25) is 5.02 Å². The number of carbonyl (C=O) groups excluding carboxylic acids is 1. The van der Waals surface area contributed by atoms with Gasteiger partial charge in [-0.2, -0.15) is 0 Å². The van der Waals surface area contributed by atoms with E-state index in [2.05, 4.69) is 32.8 Å². The third-order valence-corrected chi connectivity index (χ3v) is 4.89. The molecule has 1 aromatic carbocycles. The van der Waals surface area contributed by atoms with Gasteiger partial charge in [0.25, 0.3) is 5.91 Å². The monoisotopic (exact) mass is 387 g/mol. The second kappa shape index (κ2) is 8.29. The van der Waals surface area contributed by atoms with Crippen LogP contribution in [0.5, 0.6) is 0 Å². The maximum absolute atomic E-state index is 12.4. The van der Waals surface area contributed by atoms with E-state index >= 15 is 0 Å². The SMILES string of the molecule is CN1CCN(CCCN(C)C(=O)c2cc(Br)ccc2Cl)CC1. The molecule has 1 aliphatic heterocycles. The average Bonchev–Trinajstić information content (AvgIpc) is 2.51. The fourth-order valence-electron chi connectivity index (χ4n) is 2.57. The lowest BCUT2D eigenvalue weighted by molar-refractivity contribution is 0.0783. The first-order valence-electron chi connectivity index (χ1n) is 7.59. The van der Waals surface area contributed by atoms with Crippen molar-refractivity contribution < 1.29 is 4.79 Å². The molecule has 4 nitrogen and oxygen atoms in total. The molecule has 0 N–H and O–H groups in total. The summed E-state index contributed by atoms with van der Waals surface area (Å²) < 4.78 is 0.867. The molecule has 0 aromatic heterocycles. The Morgan fingerprint density at radius 1 is 1.32 bits per heavy atom. The number of benzene rings is 1. The summed E-state index contributed by atoms with van der Waals surface area (Å²) in [6.45, 7) is 6.27. The first kappa shape index (κ1) is 17.7. The van der Waals surface area contributed by atoms with E-state index < -0.39 is 0 Å². The largest absolute Gasteiger partial charge is 0.342 e. The van der Waals surface area contributed by atoms with Crippen molar-refractivity contribution >= 4 is 33.4 Å². The molecule has 1 fully saturated rings. The quantitative estimate of drug-likeness (QED) is 0.776. The lowest BCUT2D eigenvalue weighted by atomic mass is 10.2. The highest BCUT2D eigenvalue weighted by Gasteiger charge is 2.17. The summed E-state index contributed by atoms with van der Waals surface area (Å²) in [7, 11) is 4.00. The van der Waals surface area contributed by atoms with Crippen LogP contribution < -0.4 is 0 Å². The molecule has 1 amide bonds. The number of hydrogen-bond acceptors (Lipinski definition) is 3. The Balaban J connectivity index is 1.80. The van der Waals surface area contributed by atoms with E-state index in [1.165, 1.54) is 0 Å². The molecule has 0 radical (unpaired) electrons. The highest BCUT2D eigenvalue weighted by Crippen LogP contribution is 2.22. The molecule has 0 bridgehead atoms. The van der Waals surface area contributed by atoms with Crippen LogP contribution in [0.15, 0.2) is 22.7 Å². The molecule has 0 spiro atoms. The van der Waals surface area contributed by atoms with Gasteiger partial charge in [0.05, 0.1) is 10.6 Å². The molecule has 0 aliphatic carbocycles. The summed E-state index contributed by atoms with van der Waals surface area (Å²) in [6, 6.07) is 5.37. The number of nitrogens with zero attached hydrogens (tertiary/aromatic N) is 3. The van der Waals surface area contributed by atoms with E-state index in [9.17, 15) is 4.79 Å². The van der Waals surface area contributed by atoms with Crippen molar-refractivity contribution in [2.24, 2.45) is 0 Å². The van der Waals surface area contributed by atoms with E-state index in [1.54, 1.807) is 17.0 Å². The molecule has 1 aromatic rings. The predicted octanol–water partition coefficient (Wildman–Crippen LogP) is 2.81. The highest BCUT2D eigenvalue weighted by atomic mass is 79.9. The number of carbonyl (C=O) groups is 1. The minimum atomic E-state index is -0.0234. The van der Waals surface area contributed by atoms with Gasteiger partial charge in [-0.1, -0.05) is 27.5 Å². The van der Waals surface area contributed by atoms with Gasteiger partial charge in [0.15, 0.2) is 0 Å². The zero-order valence-corrected chi connectivity index (χ0v) is 15.5. The van der Waals surface area contributed by atoms with Crippen LogP contribution in [0, 0.1) is 0 Å². The molecule has 1 heterocycles. The molecule has 1 aliphatic rings. The molecule has 122 valence electrons. The smallest absolute Gasteiger partial charge is 0.255 e. The Hall–Kier alpha value is -0.620. The van der Waals surface area contributed by atoms with Gasteiger partial charge in [-0.05, 0) is 38.2 Å². The van der Waals surface area contributed by atoms with Crippen LogP contribution in [0.25, 0.3) is 0 Å². The van der Waals surface area contributed by atoms with Gasteiger partial charge in [-0.25, -0.2) is 0 Å². The third kappa shape index (κ3) is 4.95. The lowest BCUT2D eigenvalue weighted by Gasteiger charge is -2.32. The number of hydrogen-bond donors (Lipinski definition) is 0. The first-order valence-corrected chi connectivity index (χ1v) is 8.76. The average molecular weight is 389 g/mol. The molecule has 0 atom stereocenters. The van der Waals surface area contributed by atoms with Crippen molar-refractivity contribution in [3.05, 3.63) is 33.3 Å². The van der Waals surface area contributed by atoms with E-state index in [-0.39, 0.29) is 5.91 Å². The van der Waals surface area contributed by atoms with Crippen molar-refractivity contribution in [3.8, 4) is 0 Å². The normalized spacial score (nSPS) is 16.7. The Morgan fingerprint density at radius 3 is 2.68 bits per heavy atom. The van der Waals surface area contributed by atoms with E-state index in [1.807, 2.05) is 13.1 Å². The van der Waals surface area contributed by atoms with Gasteiger partial charge in [-0.15, -0.1) is 0 Å². The second-order valence-corrected chi connectivity index (χ2v) is 7.17. The summed E-state index contributed by atoms with van der Waals surface area (Å²) >= 11 is 9.51. The van der Waals surface area contributed by atoms with E-state index in [0.29, 0.717) is 10.6 Å². The minimum Gasteiger partial charge on any atom is -0.342 e. The number of likely N-dealkylation sites (N-methyl/N-ethyl adjacent to an activating group) is 1. The Bertz CT molecular complexity index is 518. The Kier molecular flexibility index (Phi) is 6.68. The molecular formula is C16H23BrClN3O. The van der Waals surface area contributed by atoms with Crippen LogP contribution >= 0.6 is 27.5 Å². The number of piperazine rings is 1. The summed E-state index contributed by atoms with van der Waals surface area (Å²) in [6.07, 6.45) is 0.984. The van der Waals surface area contributed by atoms with E-state index in [4.69, 9.17) is 11.6 Å². The Labute approximate surface area is 146 Å². The standard InChI is InChI=1S/C16H23BrClN3O/c1-19-8-10-21(11-9-19)7-3-6-20(2)16(22)14-12-13(17)4-5-15(14)18/h4-5,12H,3,6-11H2,1-2H3. The fraction of sp³-hybridized carbons (Fsp3) is 0.562. The maximum atomic E-state index is 12.4. The second-order valence-electron chi connectivity index (χ2n) is 5.85. The van der Waals surface area contributed by atoms with Crippen LogP contribution in [-0.2, 0) is 0 Å². The van der Waals surface area contributed by atoms with E-state index in [0.717, 1.165) is 50.2 Å². The predicted molar refractivity (Wildman–Crippen MR) is 94.7 cm³/mol. The first-order chi connectivity index (χ1) is 10.5. The van der Waals surface area contributed by atoms with Crippen LogP contribution in [0.1, 0.15) is 16.8 Å². The lowest BCUT2D eigenvalue weighted by Crippen LogP contribution is -2.45. The van der Waals surface area contributed by atoms with Crippen molar-refractivity contribution in [1.82, 2.24) is 14.7 Å². The summed E-state index contributed by atoms with van der Waals surface area (Å²) in [5.74, 6) is -0.0234. The zero-order valence-electron chi connectivity index (χ0n) is 13.2. The van der Waals surface area contributed by atoms with Gasteiger partial charge in [-0.3, -0.25) is 4.79 Å². The maximum Gasteiger partial charge on any atom is 0.255 e. The number of halogens is 2. The van der Waals surface area contributed by atoms with Crippen molar-refractivity contribution in [1.29, 1.82) is 0 Å². The highest BCUT2D eigenvalue weighted by molar-refractivity contribution is 9.10. The number of rotatable bonds is 5. The zero-order chi connectivity index (χ0) is 16.1. The molecule has 0 unspecified atom stereocenters. The van der Waals surface area contributed by atoms with Crippen molar-refractivity contribution in [3.63, 3.8) is 0 Å². The topological polar surface area (TPSA) is 26.8 Å². The summed E-state index contributed by atoms with van der Waals surface area (Å²) in [4.78, 5) is 19.0. The van der Waals surface area contributed by atoms with Gasteiger partial charge in [0.2, 0.25) is 0 Å². The van der Waals surface area contributed by atoms with Gasteiger partial charge < -0.3 is 14.7 Å². The van der Waals surface area contributed by atoms with Gasteiger partial charge in [0, 0.05) is 44.2 Å². The van der Waals surface area contributed by atoms with Crippen LogP contribution in [0.3, 0.4) is 0 Å². The molecule has 1 saturated heterocycles. The van der Waals surface area contributed by atoms with Gasteiger partial charge in [0.1, 0.15) is 0 Å². The fourth-order valence-corrected chi connectivity index (χ4v) is 3.13. The van der Waals surface area contributed by atoms with Crippen LogP contribution in [0.4, 0.5) is 0 Å². The van der Waals surface area contributed by atoms with Crippen molar-refractivity contribution in [2.75, 3.05) is 53.4 Å². The number of amides is 1. The summed E-state index contributed by atoms with van der Waals surface area (Å²) in [5, 5.41) is 0.499. The van der Waals surface area contributed by atoms with Gasteiger partial charge >= 0.3 is 0 Å². The van der Waals surface area contributed by atoms with Crippen molar-refractivity contribution in [2.45, 2.75) is 6.42 Å². The third-order valence-electron chi connectivity index (χ3n) is 4.07.